The van der Waals surface area contributed by atoms with Gasteiger partial charge in [0, 0.05) is 37.9 Å². The fourth-order valence-electron chi connectivity index (χ4n) is 4.09. The number of hydrogen-bond acceptors (Lipinski definition) is 5. The molecule has 4 rings (SSSR count). The van der Waals surface area contributed by atoms with Crippen LogP contribution in [0, 0.1) is 0 Å². The average molecular weight is 475 g/mol. The van der Waals surface area contributed by atoms with Crippen LogP contribution in [0.1, 0.15) is 34.3 Å². The molecule has 184 valence electrons. The van der Waals surface area contributed by atoms with Crippen molar-refractivity contribution >= 4 is 5.91 Å². The van der Waals surface area contributed by atoms with Gasteiger partial charge in [-0.3, -0.25) is 9.69 Å². The number of likely N-dealkylation sites (N-methyl/N-ethyl adjacent to an activating group) is 1. The summed E-state index contributed by atoms with van der Waals surface area (Å²) in [5, 5.41) is 2.98. The van der Waals surface area contributed by atoms with E-state index < -0.39 is 0 Å². The summed E-state index contributed by atoms with van der Waals surface area (Å²) in [4.78, 5) is 14.9. The van der Waals surface area contributed by atoms with Crippen molar-refractivity contribution in [2.75, 3.05) is 33.4 Å². The minimum atomic E-state index is -0.121. The molecule has 3 aromatic carbocycles. The van der Waals surface area contributed by atoms with Gasteiger partial charge in [-0.25, -0.2) is 0 Å². The summed E-state index contributed by atoms with van der Waals surface area (Å²) in [5.41, 5.74) is 2.70. The third kappa shape index (κ3) is 7.84. The van der Waals surface area contributed by atoms with Crippen molar-refractivity contribution in [2.45, 2.75) is 32.0 Å². The van der Waals surface area contributed by atoms with Gasteiger partial charge in [-0.15, -0.1) is 0 Å². The van der Waals surface area contributed by atoms with Crippen molar-refractivity contribution in [3.63, 3.8) is 0 Å². The molecule has 0 bridgehead atoms. The van der Waals surface area contributed by atoms with Crippen LogP contribution in [-0.2, 0) is 17.9 Å². The van der Waals surface area contributed by atoms with E-state index in [2.05, 4.69) is 17.3 Å². The van der Waals surface area contributed by atoms with E-state index >= 15 is 0 Å². The molecule has 1 amide bonds. The van der Waals surface area contributed by atoms with Gasteiger partial charge >= 0.3 is 0 Å². The van der Waals surface area contributed by atoms with E-state index in [-0.39, 0.29) is 5.91 Å². The Morgan fingerprint density at radius 3 is 2.43 bits per heavy atom. The standard InChI is InChI=1S/C29H34N2O4/c1-31(26-14-17-33-18-15-26)16-19-34-28-9-5-8-24(20-28)21-30-29(32)25-10-12-27(13-11-25)35-22-23-6-3-2-4-7-23/h2-13,20,26H,14-19,21-22H2,1H3,(H,30,32). The Bertz CT molecular complexity index is 1050. The minimum Gasteiger partial charge on any atom is -0.492 e. The Labute approximate surface area is 207 Å². The molecule has 0 saturated carbocycles. The summed E-state index contributed by atoms with van der Waals surface area (Å²) in [5.74, 6) is 1.43. The van der Waals surface area contributed by atoms with E-state index in [0.29, 0.717) is 31.4 Å². The largest absolute Gasteiger partial charge is 0.492 e. The van der Waals surface area contributed by atoms with E-state index in [4.69, 9.17) is 14.2 Å². The lowest BCUT2D eigenvalue weighted by atomic mass is 10.1. The van der Waals surface area contributed by atoms with Crippen molar-refractivity contribution < 1.29 is 19.0 Å². The fourth-order valence-corrected chi connectivity index (χ4v) is 4.09. The first-order valence-corrected chi connectivity index (χ1v) is 12.2. The van der Waals surface area contributed by atoms with Gasteiger partial charge in [0.05, 0.1) is 0 Å². The summed E-state index contributed by atoms with van der Waals surface area (Å²) < 4.78 is 17.2. The van der Waals surface area contributed by atoms with Crippen LogP contribution in [0.2, 0.25) is 0 Å². The van der Waals surface area contributed by atoms with Gasteiger partial charge in [0.2, 0.25) is 0 Å². The highest BCUT2D eigenvalue weighted by molar-refractivity contribution is 5.94. The Morgan fingerprint density at radius 1 is 0.914 bits per heavy atom. The van der Waals surface area contributed by atoms with Crippen LogP contribution in [0.5, 0.6) is 11.5 Å². The minimum absolute atomic E-state index is 0.121. The summed E-state index contributed by atoms with van der Waals surface area (Å²) in [6, 6.07) is 25.7. The number of hydrogen-bond donors (Lipinski definition) is 1. The second-order valence-electron chi connectivity index (χ2n) is 8.80. The maximum atomic E-state index is 12.6. The highest BCUT2D eigenvalue weighted by Crippen LogP contribution is 2.17. The van der Waals surface area contributed by atoms with Crippen LogP contribution in [0.4, 0.5) is 0 Å². The molecule has 1 heterocycles. The smallest absolute Gasteiger partial charge is 0.251 e. The zero-order valence-corrected chi connectivity index (χ0v) is 20.3. The summed E-state index contributed by atoms with van der Waals surface area (Å²) in [6.45, 7) is 4.12. The van der Waals surface area contributed by atoms with Gasteiger partial charge in [0.1, 0.15) is 24.7 Å². The zero-order chi connectivity index (χ0) is 24.3. The number of rotatable bonds is 11. The molecule has 1 fully saturated rings. The van der Waals surface area contributed by atoms with E-state index in [1.807, 2.05) is 66.7 Å². The first-order valence-electron chi connectivity index (χ1n) is 12.2. The predicted octanol–water partition coefficient (Wildman–Crippen LogP) is 4.69. The maximum Gasteiger partial charge on any atom is 0.251 e. The normalized spacial score (nSPS) is 14.0. The molecular weight excluding hydrogens is 440 g/mol. The molecule has 0 aromatic heterocycles. The summed E-state index contributed by atoms with van der Waals surface area (Å²) >= 11 is 0. The van der Waals surface area contributed by atoms with Crippen LogP contribution in [-0.4, -0.2) is 50.3 Å². The molecule has 1 aliphatic heterocycles. The molecule has 0 aliphatic carbocycles. The molecule has 0 spiro atoms. The maximum absolute atomic E-state index is 12.6. The van der Waals surface area contributed by atoms with Gasteiger partial charge in [0.15, 0.2) is 0 Å². The van der Waals surface area contributed by atoms with Crippen LogP contribution in [0.15, 0.2) is 78.9 Å². The Kier molecular flexibility index (Phi) is 9.15. The molecule has 6 heteroatoms. The Balaban J connectivity index is 1.20. The first kappa shape index (κ1) is 24.8. The molecule has 0 atom stereocenters. The molecule has 35 heavy (non-hydrogen) atoms. The monoisotopic (exact) mass is 474 g/mol. The van der Waals surface area contributed by atoms with Crippen molar-refractivity contribution in [3.8, 4) is 11.5 Å². The molecule has 1 saturated heterocycles. The Morgan fingerprint density at radius 2 is 1.66 bits per heavy atom. The molecular formula is C29H34N2O4. The lowest BCUT2D eigenvalue weighted by Gasteiger charge is -2.31. The van der Waals surface area contributed by atoms with Crippen LogP contribution >= 0.6 is 0 Å². The molecule has 0 unspecified atom stereocenters. The predicted molar refractivity (Wildman–Crippen MR) is 137 cm³/mol. The van der Waals surface area contributed by atoms with Gasteiger partial charge in [0.25, 0.3) is 5.91 Å². The van der Waals surface area contributed by atoms with Crippen LogP contribution in [0.25, 0.3) is 0 Å². The van der Waals surface area contributed by atoms with Crippen LogP contribution < -0.4 is 14.8 Å². The van der Waals surface area contributed by atoms with Gasteiger partial charge < -0.3 is 19.5 Å². The number of nitrogens with zero attached hydrogens (tertiary/aromatic N) is 1. The van der Waals surface area contributed by atoms with Crippen molar-refractivity contribution in [1.82, 2.24) is 10.2 Å². The average Bonchev–Trinajstić information content (AvgIpc) is 2.92. The second-order valence-corrected chi connectivity index (χ2v) is 8.80. The van der Waals surface area contributed by atoms with Crippen molar-refractivity contribution in [3.05, 3.63) is 95.6 Å². The number of carbonyl (C=O) groups excluding carboxylic acids is 1. The third-order valence-electron chi connectivity index (χ3n) is 6.24. The second kappa shape index (κ2) is 12.9. The first-order chi connectivity index (χ1) is 17.2. The molecule has 3 aromatic rings. The Hall–Kier alpha value is -3.35. The summed E-state index contributed by atoms with van der Waals surface area (Å²) in [7, 11) is 2.15. The molecule has 0 radical (unpaired) electrons. The van der Waals surface area contributed by atoms with Crippen molar-refractivity contribution in [1.29, 1.82) is 0 Å². The van der Waals surface area contributed by atoms with Gasteiger partial charge in [-0.1, -0.05) is 42.5 Å². The summed E-state index contributed by atoms with van der Waals surface area (Å²) in [6.07, 6.45) is 2.16. The number of nitrogens with one attached hydrogen (secondary N) is 1. The third-order valence-corrected chi connectivity index (χ3v) is 6.24. The SMILES string of the molecule is CN(CCOc1cccc(CNC(=O)c2ccc(OCc3ccccc3)cc2)c1)C1CCOCC1. The molecule has 1 N–H and O–H groups in total. The van der Waals surface area contributed by atoms with E-state index in [1.54, 1.807) is 12.1 Å². The molecule has 6 nitrogen and oxygen atoms in total. The van der Waals surface area contributed by atoms with E-state index in [0.717, 1.165) is 55.2 Å². The van der Waals surface area contributed by atoms with E-state index in [1.165, 1.54) is 0 Å². The highest BCUT2D eigenvalue weighted by atomic mass is 16.5. The highest BCUT2D eigenvalue weighted by Gasteiger charge is 2.18. The van der Waals surface area contributed by atoms with Gasteiger partial charge in [-0.05, 0) is 67.4 Å². The fraction of sp³-hybridized carbons (Fsp3) is 0.345. The lowest BCUT2D eigenvalue weighted by Crippen LogP contribution is -2.38. The van der Waals surface area contributed by atoms with Crippen LogP contribution in [0.3, 0.4) is 0 Å². The van der Waals surface area contributed by atoms with Crippen molar-refractivity contribution in [2.24, 2.45) is 0 Å². The van der Waals surface area contributed by atoms with E-state index in [9.17, 15) is 4.79 Å². The zero-order valence-electron chi connectivity index (χ0n) is 20.3. The lowest BCUT2D eigenvalue weighted by molar-refractivity contribution is 0.0392. The number of carbonyl (C=O) groups is 1. The van der Waals surface area contributed by atoms with Gasteiger partial charge in [-0.2, -0.15) is 0 Å². The number of benzene rings is 3. The molecule has 1 aliphatic rings. The quantitative estimate of drug-likeness (QED) is 0.437. The topological polar surface area (TPSA) is 60.0 Å². The number of amides is 1. The number of ether oxygens (including phenoxy) is 3.